The van der Waals surface area contributed by atoms with Crippen LogP contribution >= 0.6 is 0 Å². The van der Waals surface area contributed by atoms with Gasteiger partial charge in [0.05, 0.1) is 5.41 Å². The molecule has 0 saturated carbocycles. The Morgan fingerprint density at radius 2 is 1.74 bits per heavy atom. The fourth-order valence-corrected chi connectivity index (χ4v) is 3.17. The minimum Gasteiger partial charge on any atom is -0.372 e. The van der Waals surface area contributed by atoms with Crippen LogP contribution in [0.3, 0.4) is 0 Å². The highest BCUT2D eigenvalue weighted by Crippen LogP contribution is 2.41. The molecule has 2 rings (SSSR count). The Morgan fingerprint density at radius 1 is 1.11 bits per heavy atom. The summed E-state index contributed by atoms with van der Waals surface area (Å²) in [5.41, 5.74) is 5.82. The van der Waals surface area contributed by atoms with E-state index in [0.717, 1.165) is 19.6 Å². The molecule has 0 spiro atoms. The van der Waals surface area contributed by atoms with Crippen molar-refractivity contribution in [2.75, 3.05) is 24.5 Å². The number of nitrogens with zero attached hydrogens (tertiary/aromatic N) is 2. The smallest absolute Gasteiger partial charge is 0.209 e. The molecular formula is C17H27N2+. The summed E-state index contributed by atoms with van der Waals surface area (Å²) in [6, 6.07) is 6.95. The van der Waals surface area contributed by atoms with Crippen molar-refractivity contribution < 1.29 is 4.58 Å². The molecule has 0 aliphatic carbocycles. The summed E-state index contributed by atoms with van der Waals surface area (Å²) in [6.45, 7) is 16.8. The molecule has 2 heteroatoms. The molecule has 0 aromatic heterocycles. The second kappa shape index (κ2) is 4.99. The van der Waals surface area contributed by atoms with E-state index < -0.39 is 0 Å². The predicted molar refractivity (Wildman–Crippen MR) is 84.2 cm³/mol. The predicted octanol–water partition coefficient (Wildman–Crippen LogP) is 3.95. The van der Waals surface area contributed by atoms with Gasteiger partial charge in [0, 0.05) is 37.3 Å². The Balaban J connectivity index is 2.53. The van der Waals surface area contributed by atoms with E-state index in [9.17, 15) is 0 Å². The first-order valence-electron chi connectivity index (χ1n) is 7.48. The first-order chi connectivity index (χ1) is 8.97. The molecule has 1 aromatic carbocycles. The van der Waals surface area contributed by atoms with Gasteiger partial charge in [-0.3, -0.25) is 0 Å². The molecule has 104 valence electrons. The Hall–Kier alpha value is -1.31. The van der Waals surface area contributed by atoms with E-state index in [0.29, 0.717) is 0 Å². The number of anilines is 1. The largest absolute Gasteiger partial charge is 0.372 e. The van der Waals surface area contributed by atoms with Crippen molar-refractivity contribution in [1.29, 1.82) is 0 Å². The molecule has 0 unspecified atom stereocenters. The lowest BCUT2D eigenvalue weighted by molar-refractivity contribution is -0.434. The van der Waals surface area contributed by atoms with Crippen molar-refractivity contribution in [2.45, 2.75) is 47.0 Å². The Kier molecular flexibility index (Phi) is 3.71. The van der Waals surface area contributed by atoms with Crippen LogP contribution in [-0.4, -0.2) is 29.9 Å². The molecule has 0 radical (unpaired) electrons. The average Bonchev–Trinajstić information content (AvgIpc) is 2.59. The third-order valence-corrected chi connectivity index (χ3v) is 4.70. The molecule has 19 heavy (non-hydrogen) atoms. The first-order valence-corrected chi connectivity index (χ1v) is 7.48. The van der Waals surface area contributed by atoms with E-state index >= 15 is 0 Å². The summed E-state index contributed by atoms with van der Waals surface area (Å²) in [6.07, 6.45) is 0. The van der Waals surface area contributed by atoms with Crippen LogP contribution < -0.4 is 4.90 Å². The maximum absolute atomic E-state index is 2.45. The maximum Gasteiger partial charge on any atom is 0.209 e. The molecule has 2 nitrogen and oxygen atoms in total. The average molecular weight is 259 g/mol. The van der Waals surface area contributed by atoms with E-state index in [-0.39, 0.29) is 5.41 Å². The third kappa shape index (κ3) is 2.07. The number of hydrogen-bond acceptors (Lipinski definition) is 1. The molecule has 1 heterocycles. The van der Waals surface area contributed by atoms with E-state index in [1.807, 2.05) is 0 Å². The zero-order valence-electron chi connectivity index (χ0n) is 13.2. The number of hydrogen-bond donors (Lipinski definition) is 0. The highest BCUT2D eigenvalue weighted by atomic mass is 15.1. The van der Waals surface area contributed by atoms with Gasteiger partial charge in [0.15, 0.2) is 5.71 Å². The molecule has 0 bridgehead atoms. The lowest BCUT2D eigenvalue weighted by Gasteiger charge is -2.23. The fourth-order valence-electron chi connectivity index (χ4n) is 3.17. The van der Waals surface area contributed by atoms with Crippen LogP contribution in [0, 0.1) is 0 Å². The Bertz CT molecular complexity index is 508. The van der Waals surface area contributed by atoms with Gasteiger partial charge in [0.2, 0.25) is 5.69 Å². The van der Waals surface area contributed by atoms with Gasteiger partial charge in [-0.15, -0.1) is 0 Å². The van der Waals surface area contributed by atoms with E-state index in [4.69, 9.17) is 0 Å². The minimum absolute atomic E-state index is 0.147. The van der Waals surface area contributed by atoms with Gasteiger partial charge in [0.25, 0.3) is 0 Å². The van der Waals surface area contributed by atoms with Gasteiger partial charge in [-0.05, 0) is 46.8 Å². The summed E-state index contributed by atoms with van der Waals surface area (Å²) in [4.78, 5) is 2.42. The second-order valence-electron chi connectivity index (χ2n) is 5.83. The molecule has 1 aliphatic heterocycles. The van der Waals surface area contributed by atoms with E-state index in [2.05, 4.69) is 69.2 Å². The van der Waals surface area contributed by atoms with Gasteiger partial charge < -0.3 is 4.90 Å². The highest BCUT2D eigenvalue weighted by molar-refractivity contribution is 5.93. The van der Waals surface area contributed by atoms with Crippen LogP contribution in [0.2, 0.25) is 0 Å². The van der Waals surface area contributed by atoms with Crippen LogP contribution in [-0.2, 0) is 5.41 Å². The quantitative estimate of drug-likeness (QED) is 0.742. The van der Waals surface area contributed by atoms with E-state index in [1.54, 1.807) is 0 Å². The molecule has 0 atom stereocenters. The zero-order chi connectivity index (χ0) is 14.2. The molecule has 0 saturated heterocycles. The van der Waals surface area contributed by atoms with Crippen molar-refractivity contribution >= 4 is 17.1 Å². The lowest BCUT2D eigenvalue weighted by atomic mass is 9.82. The molecule has 0 fully saturated rings. The van der Waals surface area contributed by atoms with Crippen LogP contribution in [0.1, 0.15) is 47.1 Å². The van der Waals surface area contributed by atoms with Crippen LogP contribution in [0.15, 0.2) is 18.2 Å². The summed E-state index contributed by atoms with van der Waals surface area (Å²) in [7, 11) is 0. The third-order valence-electron chi connectivity index (χ3n) is 4.70. The first kappa shape index (κ1) is 14.1. The van der Waals surface area contributed by atoms with Crippen LogP contribution in [0.5, 0.6) is 0 Å². The zero-order valence-corrected chi connectivity index (χ0v) is 13.2. The van der Waals surface area contributed by atoms with Crippen molar-refractivity contribution in [3.63, 3.8) is 0 Å². The van der Waals surface area contributed by atoms with Gasteiger partial charge in [0.1, 0.15) is 6.54 Å². The Morgan fingerprint density at radius 3 is 2.26 bits per heavy atom. The summed E-state index contributed by atoms with van der Waals surface area (Å²) in [5.74, 6) is 0. The summed E-state index contributed by atoms with van der Waals surface area (Å²) in [5, 5.41) is 0. The highest BCUT2D eigenvalue weighted by Gasteiger charge is 2.42. The normalized spacial score (nSPS) is 16.7. The van der Waals surface area contributed by atoms with Crippen molar-refractivity contribution in [3.8, 4) is 0 Å². The lowest BCUT2D eigenvalue weighted by Crippen LogP contribution is -2.27. The minimum atomic E-state index is 0.147. The molecule has 1 aromatic rings. The SMILES string of the molecule is CCN(CC)c1ccc2c(c1)C(C)(C)C(C)=[N+]2CC. The van der Waals surface area contributed by atoms with Crippen molar-refractivity contribution in [2.24, 2.45) is 0 Å². The summed E-state index contributed by atoms with van der Waals surface area (Å²) < 4.78 is 2.45. The molecule has 1 aliphatic rings. The van der Waals surface area contributed by atoms with Gasteiger partial charge in [-0.2, -0.15) is 4.58 Å². The van der Waals surface area contributed by atoms with Crippen LogP contribution in [0.4, 0.5) is 11.4 Å². The monoisotopic (exact) mass is 259 g/mol. The van der Waals surface area contributed by atoms with Crippen LogP contribution in [0.25, 0.3) is 0 Å². The second-order valence-corrected chi connectivity index (χ2v) is 5.83. The van der Waals surface area contributed by atoms with Crippen molar-refractivity contribution in [3.05, 3.63) is 23.8 Å². The summed E-state index contributed by atoms with van der Waals surface area (Å²) >= 11 is 0. The molecule has 0 amide bonds. The van der Waals surface area contributed by atoms with Gasteiger partial charge in [-0.25, -0.2) is 0 Å². The van der Waals surface area contributed by atoms with Crippen molar-refractivity contribution in [1.82, 2.24) is 0 Å². The number of benzene rings is 1. The fraction of sp³-hybridized carbons (Fsp3) is 0.588. The van der Waals surface area contributed by atoms with Gasteiger partial charge in [-0.1, -0.05) is 0 Å². The van der Waals surface area contributed by atoms with E-state index in [1.165, 1.54) is 22.6 Å². The number of fused-ring (bicyclic) bond motifs is 1. The standard InChI is InChI=1S/C17H27N2/c1-7-18(8-2)14-10-11-16-15(12-14)17(5,6)13(4)19(16)9-3/h10-12H,7-9H2,1-6H3/q+1. The van der Waals surface area contributed by atoms with Gasteiger partial charge >= 0.3 is 0 Å². The molecular weight excluding hydrogens is 232 g/mol. The molecule has 0 N–H and O–H groups in total. The number of rotatable bonds is 4. The Labute approximate surface area is 117 Å². The topological polar surface area (TPSA) is 6.25 Å². The maximum atomic E-state index is 2.45.